The van der Waals surface area contributed by atoms with Crippen LogP contribution in [0.4, 0.5) is 0 Å². The fraction of sp³-hybridized carbons (Fsp3) is 0.133. The first-order valence-electron chi connectivity index (χ1n) is 5.77. The lowest BCUT2D eigenvalue weighted by molar-refractivity contribution is 0.112. The van der Waals surface area contributed by atoms with Crippen LogP contribution < -0.4 is 8.92 Å². The third-order valence-electron chi connectivity index (χ3n) is 2.57. The van der Waals surface area contributed by atoms with E-state index in [1.807, 2.05) is 31.2 Å². The fourth-order valence-electron chi connectivity index (χ4n) is 1.51. The van der Waals surface area contributed by atoms with Crippen LogP contribution in [0, 0.1) is 6.92 Å². The van der Waals surface area contributed by atoms with Gasteiger partial charge in [-0.3, -0.25) is 4.79 Å². The van der Waals surface area contributed by atoms with Crippen LogP contribution in [0.3, 0.4) is 0 Å². The SMILES string of the molecule is COc1cc(C=O)ccc1OSc1ccc(C)cc1. The van der Waals surface area contributed by atoms with E-state index in [1.54, 1.807) is 25.3 Å². The summed E-state index contributed by atoms with van der Waals surface area (Å²) >= 11 is 1.26. The molecule has 4 heteroatoms. The molecule has 0 unspecified atom stereocenters. The predicted octanol–water partition coefficient (Wildman–Crippen LogP) is 3.90. The average molecular weight is 274 g/mol. The van der Waals surface area contributed by atoms with Crippen molar-refractivity contribution in [3.8, 4) is 11.5 Å². The molecule has 19 heavy (non-hydrogen) atoms. The molecule has 2 aromatic carbocycles. The number of methoxy groups -OCH3 is 1. The summed E-state index contributed by atoms with van der Waals surface area (Å²) in [4.78, 5) is 11.7. The van der Waals surface area contributed by atoms with Crippen LogP contribution >= 0.6 is 12.0 Å². The summed E-state index contributed by atoms with van der Waals surface area (Å²) in [6, 6.07) is 13.1. The summed E-state index contributed by atoms with van der Waals surface area (Å²) in [5, 5.41) is 0. The first kappa shape index (κ1) is 13.5. The fourth-order valence-corrected chi connectivity index (χ4v) is 2.08. The quantitative estimate of drug-likeness (QED) is 0.612. The molecule has 0 saturated heterocycles. The molecule has 0 radical (unpaired) electrons. The minimum absolute atomic E-state index is 0.546. The molecule has 3 nitrogen and oxygen atoms in total. The zero-order valence-electron chi connectivity index (χ0n) is 10.8. The van der Waals surface area contributed by atoms with Crippen molar-refractivity contribution in [2.75, 3.05) is 7.11 Å². The molecule has 0 N–H and O–H groups in total. The lowest BCUT2D eigenvalue weighted by Crippen LogP contribution is -1.91. The number of aldehydes is 1. The third kappa shape index (κ3) is 3.51. The second-order valence-electron chi connectivity index (χ2n) is 4.01. The Morgan fingerprint density at radius 2 is 1.79 bits per heavy atom. The normalized spacial score (nSPS) is 10.0. The van der Waals surface area contributed by atoms with Crippen molar-refractivity contribution >= 4 is 18.3 Å². The van der Waals surface area contributed by atoms with Gasteiger partial charge in [-0.2, -0.15) is 0 Å². The summed E-state index contributed by atoms with van der Waals surface area (Å²) in [6.07, 6.45) is 0.777. The van der Waals surface area contributed by atoms with E-state index < -0.39 is 0 Å². The largest absolute Gasteiger partial charge is 0.493 e. The first-order valence-corrected chi connectivity index (χ1v) is 6.51. The van der Waals surface area contributed by atoms with Crippen LogP contribution in [-0.4, -0.2) is 13.4 Å². The smallest absolute Gasteiger partial charge is 0.179 e. The number of benzene rings is 2. The Hall–Kier alpha value is -1.94. The number of carbonyl (C=O) groups excluding carboxylic acids is 1. The summed E-state index contributed by atoms with van der Waals surface area (Å²) in [6.45, 7) is 2.04. The van der Waals surface area contributed by atoms with Crippen molar-refractivity contribution < 1.29 is 13.7 Å². The molecule has 0 aliphatic carbocycles. The van der Waals surface area contributed by atoms with E-state index in [0.29, 0.717) is 17.1 Å². The van der Waals surface area contributed by atoms with E-state index in [4.69, 9.17) is 8.92 Å². The molecule has 0 bridgehead atoms. The van der Waals surface area contributed by atoms with Gasteiger partial charge in [0.1, 0.15) is 6.29 Å². The minimum Gasteiger partial charge on any atom is -0.493 e. The van der Waals surface area contributed by atoms with Crippen molar-refractivity contribution in [1.29, 1.82) is 0 Å². The van der Waals surface area contributed by atoms with Crippen LogP contribution in [0.2, 0.25) is 0 Å². The highest BCUT2D eigenvalue weighted by atomic mass is 32.2. The summed E-state index contributed by atoms with van der Waals surface area (Å²) < 4.78 is 10.8. The van der Waals surface area contributed by atoms with E-state index >= 15 is 0 Å². The maximum Gasteiger partial charge on any atom is 0.179 e. The van der Waals surface area contributed by atoms with Crippen molar-refractivity contribution in [3.63, 3.8) is 0 Å². The molecule has 0 atom stereocenters. The predicted molar refractivity (Wildman–Crippen MR) is 76.0 cm³/mol. The van der Waals surface area contributed by atoms with E-state index in [-0.39, 0.29) is 0 Å². The summed E-state index contributed by atoms with van der Waals surface area (Å²) in [5.74, 6) is 1.14. The van der Waals surface area contributed by atoms with E-state index in [9.17, 15) is 4.79 Å². The molecule has 2 rings (SSSR count). The molecule has 0 spiro atoms. The Bertz CT molecular complexity index is 564. The number of carbonyl (C=O) groups is 1. The Kier molecular flexibility index (Phi) is 4.47. The lowest BCUT2D eigenvalue weighted by atomic mass is 10.2. The highest BCUT2D eigenvalue weighted by Crippen LogP contribution is 2.32. The van der Waals surface area contributed by atoms with E-state index in [2.05, 4.69) is 0 Å². The van der Waals surface area contributed by atoms with Crippen molar-refractivity contribution in [1.82, 2.24) is 0 Å². The Balaban J connectivity index is 2.10. The van der Waals surface area contributed by atoms with Crippen molar-refractivity contribution in [3.05, 3.63) is 53.6 Å². The van der Waals surface area contributed by atoms with Gasteiger partial charge in [-0.1, -0.05) is 17.7 Å². The molecular weight excluding hydrogens is 260 g/mol. The van der Waals surface area contributed by atoms with Gasteiger partial charge in [0.25, 0.3) is 0 Å². The maximum absolute atomic E-state index is 10.7. The first-order chi connectivity index (χ1) is 9.22. The number of hydrogen-bond donors (Lipinski definition) is 0. The van der Waals surface area contributed by atoms with Crippen LogP contribution in [0.25, 0.3) is 0 Å². The Labute approximate surface area is 116 Å². The van der Waals surface area contributed by atoms with E-state index in [0.717, 1.165) is 11.2 Å². The third-order valence-corrected chi connectivity index (χ3v) is 3.30. The lowest BCUT2D eigenvalue weighted by Gasteiger charge is -2.09. The van der Waals surface area contributed by atoms with Crippen molar-refractivity contribution in [2.24, 2.45) is 0 Å². The molecule has 2 aromatic rings. The topological polar surface area (TPSA) is 35.5 Å². The van der Waals surface area contributed by atoms with Gasteiger partial charge in [-0.15, -0.1) is 0 Å². The molecule has 0 aliphatic rings. The summed E-state index contributed by atoms with van der Waals surface area (Å²) in [5.41, 5.74) is 1.77. The molecule has 0 aliphatic heterocycles. The second-order valence-corrected chi connectivity index (χ2v) is 4.81. The van der Waals surface area contributed by atoms with Gasteiger partial charge in [-0.25, -0.2) is 0 Å². The Morgan fingerprint density at radius 3 is 2.42 bits per heavy atom. The van der Waals surface area contributed by atoms with Gasteiger partial charge in [0.2, 0.25) is 0 Å². The molecule has 0 aromatic heterocycles. The van der Waals surface area contributed by atoms with Gasteiger partial charge in [-0.05, 0) is 37.3 Å². The van der Waals surface area contributed by atoms with Crippen LogP contribution in [-0.2, 0) is 0 Å². The zero-order chi connectivity index (χ0) is 13.7. The number of hydrogen-bond acceptors (Lipinski definition) is 4. The molecule has 0 heterocycles. The zero-order valence-corrected chi connectivity index (χ0v) is 11.6. The number of aryl methyl sites for hydroxylation is 1. The van der Waals surface area contributed by atoms with E-state index in [1.165, 1.54) is 17.6 Å². The minimum atomic E-state index is 0.546. The Morgan fingerprint density at radius 1 is 1.05 bits per heavy atom. The number of ether oxygens (including phenoxy) is 1. The monoisotopic (exact) mass is 274 g/mol. The van der Waals surface area contributed by atoms with Crippen LogP contribution in [0.5, 0.6) is 11.5 Å². The molecule has 98 valence electrons. The van der Waals surface area contributed by atoms with Crippen LogP contribution in [0.15, 0.2) is 47.4 Å². The molecule has 0 saturated carbocycles. The number of rotatable bonds is 5. The average Bonchev–Trinajstić information content (AvgIpc) is 2.46. The molecular formula is C15H14O3S. The molecule has 0 amide bonds. The van der Waals surface area contributed by atoms with Gasteiger partial charge in [0.05, 0.1) is 19.2 Å². The van der Waals surface area contributed by atoms with Gasteiger partial charge in [0, 0.05) is 10.5 Å². The maximum atomic E-state index is 10.7. The van der Waals surface area contributed by atoms with Crippen LogP contribution in [0.1, 0.15) is 15.9 Å². The summed E-state index contributed by atoms with van der Waals surface area (Å²) in [7, 11) is 1.55. The second kappa shape index (κ2) is 6.29. The van der Waals surface area contributed by atoms with Crippen molar-refractivity contribution in [2.45, 2.75) is 11.8 Å². The van der Waals surface area contributed by atoms with Gasteiger partial charge in [0.15, 0.2) is 11.5 Å². The molecule has 0 fully saturated rings. The highest BCUT2D eigenvalue weighted by molar-refractivity contribution is 7.95. The van der Waals surface area contributed by atoms with Gasteiger partial charge < -0.3 is 8.92 Å². The highest BCUT2D eigenvalue weighted by Gasteiger charge is 2.07. The standard InChI is InChI=1S/C15H14O3S/c1-11-3-6-13(7-4-11)19-18-14-8-5-12(10-16)9-15(14)17-2/h3-10H,1-2H3. The van der Waals surface area contributed by atoms with Gasteiger partial charge >= 0.3 is 0 Å².